The van der Waals surface area contributed by atoms with Crippen molar-refractivity contribution in [1.82, 2.24) is 0 Å². The highest BCUT2D eigenvalue weighted by Crippen LogP contribution is 2.39. The number of hydrogen-bond acceptors (Lipinski definition) is 4. The first kappa shape index (κ1) is 38.1. The molecular formula is C37H66O5. The minimum Gasteiger partial charge on any atom is -0.490 e. The fourth-order valence-electron chi connectivity index (χ4n) is 5.30. The third-order valence-corrected chi connectivity index (χ3v) is 8.02. The molecule has 5 heteroatoms. The van der Waals surface area contributed by atoms with Crippen LogP contribution in [0.4, 0.5) is 0 Å². The maximum Gasteiger partial charge on any atom is 0.335 e. The maximum atomic E-state index is 11.9. The van der Waals surface area contributed by atoms with E-state index in [0.717, 1.165) is 38.5 Å². The second-order valence-corrected chi connectivity index (χ2v) is 12.1. The van der Waals surface area contributed by atoms with Gasteiger partial charge in [0.2, 0.25) is 5.75 Å². The van der Waals surface area contributed by atoms with Crippen molar-refractivity contribution in [2.75, 3.05) is 19.8 Å². The summed E-state index contributed by atoms with van der Waals surface area (Å²) in [5.74, 6) is 0.604. The quantitative estimate of drug-likeness (QED) is 0.0871. The van der Waals surface area contributed by atoms with E-state index >= 15 is 0 Å². The predicted octanol–water partition coefficient (Wildman–Crippen LogP) is 11.9. The molecule has 0 saturated heterocycles. The highest BCUT2D eigenvalue weighted by Gasteiger charge is 2.19. The molecule has 1 N–H and O–H groups in total. The molecule has 0 radical (unpaired) electrons. The second kappa shape index (κ2) is 27.9. The van der Waals surface area contributed by atoms with Gasteiger partial charge in [0.1, 0.15) is 0 Å². The van der Waals surface area contributed by atoms with Gasteiger partial charge in [-0.2, -0.15) is 0 Å². The monoisotopic (exact) mass is 590 g/mol. The molecule has 1 rings (SSSR count). The molecule has 0 atom stereocenters. The Morgan fingerprint density at radius 1 is 0.476 bits per heavy atom. The standard InChI is InChI=1S/C37H66O5/c1-4-7-10-13-16-19-22-25-28-40-34-31-33(37(38)39)32-35(41-29-26-23-20-17-14-11-8-5-2)36(34)42-30-27-24-21-18-15-12-9-6-3/h31-32H,4-30H2,1-3H3,(H,38,39). The largest absolute Gasteiger partial charge is 0.490 e. The van der Waals surface area contributed by atoms with Gasteiger partial charge in [0, 0.05) is 0 Å². The molecule has 0 aliphatic rings. The Balaban J connectivity index is 2.69. The number of carboxylic acids is 1. The van der Waals surface area contributed by atoms with Crippen molar-refractivity contribution in [3.05, 3.63) is 17.7 Å². The Kier molecular flexibility index (Phi) is 25.3. The zero-order valence-corrected chi connectivity index (χ0v) is 27.8. The van der Waals surface area contributed by atoms with Crippen LogP contribution < -0.4 is 14.2 Å². The van der Waals surface area contributed by atoms with Crippen molar-refractivity contribution < 1.29 is 24.1 Å². The molecular weight excluding hydrogens is 524 g/mol. The summed E-state index contributed by atoms with van der Waals surface area (Å²) >= 11 is 0. The first-order valence-electron chi connectivity index (χ1n) is 17.9. The predicted molar refractivity (Wildman–Crippen MR) is 178 cm³/mol. The number of carboxylic acid groups (broad SMARTS) is 1. The van der Waals surface area contributed by atoms with Gasteiger partial charge in [0.25, 0.3) is 0 Å². The highest BCUT2D eigenvalue weighted by atomic mass is 16.5. The van der Waals surface area contributed by atoms with Crippen LogP contribution in [0, 0.1) is 0 Å². The van der Waals surface area contributed by atoms with E-state index in [1.165, 1.54) is 116 Å². The fraction of sp³-hybridized carbons (Fsp3) is 0.811. The van der Waals surface area contributed by atoms with Crippen LogP contribution in [0.15, 0.2) is 12.1 Å². The van der Waals surface area contributed by atoms with Crippen LogP contribution in [-0.4, -0.2) is 30.9 Å². The summed E-state index contributed by atoms with van der Waals surface area (Å²) in [4.78, 5) is 11.9. The molecule has 0 aliphatic carbocycles. The van der Waals surface area contributed by atoms with Crippen LogP contribution in [0.25, 0.3) is 0 Å². The van der Waals surface area contributed by atoms with Crippen LogP contribution in [0.1, 0.15) is 185 Å². The van der Waals surface area contributed by atoms with Gasteiger partial charge >= 0.3 is 5.97 Å². The number of rotatable bonds is 31. The van der Waals surface area contributed by atoms with Gasteiger partial charge in [0.15, 0.2) is 11.5 Å². The van der Waals surface area contributed by atoms with Crippen molar-refractivity contribution in [1.29, 1.82) is 0 Å². The lowest BCUT2D eigenvalue weighted by Crippen LogP contribution is -2.08. The van der Waals surface area contributed by atoms with Crippen LogP contribution in [0.5, 0.6) is 17.2 Å². The van der Waals surface area contributed by atoms with Gasteiger partial charge in [-0.15, -0.1) is 0 Å². The van der Waals surface area contributed by atoms with E-state index in [1.54, 1.807) is 12.1 Å². The van der Waals surface area contributed by atoms with Gasteiger partial charge in [-0.1, -0.05) is 156 Å². The number of aromatic carboxylic acids is 1. The average Bonchev–Trinajstić information content (AvgIpc) is 2.99. The summed E-state index contributed by atoms with van der Waals surface area (Å²) in [6.45, 7) is 8.45. The Morgan fingerprint density at radius 2 is 0.762 bits per heavy atom. The van der Waals surface area contributed by atoms with Crippen LogP contribution in [0.2, 0.25) is 0 Å². The lowest BCUT2D eigenvalue weighted by atomic mass is 10.1. The van der Waals surface area contributed by atoms with Gasteiger partial charge in [-0.3, -0.25) is 0 Å². The van der Waals surface area contributed by atoms with E-state index in [0.29, 0.717) is 37.1 Å². The molecule has 0 spiro atoms. The molecule has 1 aromatic carbocycles. The Morgan fingerprint density at radius 3 is 1.07 bits per heavy atom. The first-order valence-corrected chi connectivity index (χ1v) is 17.9. The van der Waals surface area contributed by atoms with Crippen molar-refractivity contribution in [3.8, 4) is 17.2 Å². The third-order valence-electron chi connectivity index (χ3n) is 8.02. The van der Waals surface area contributed by atoms with E-state index in [-0.39, 0.29) is 5.56 Å². The van der Waals surface area contributed by atoms with Gasteiger partial charge in [-0.25, -0.2) is 4.79 Å². The molecule has 0 unspecified atom stereocenters. The van der Waals surface area contributed by atoms with Crippen molar-refractivity contribution in [3.63, 3.8) is 0 Å². The summed E-state index contributed by atoms with van der Waals surface area (Å²) in [6.07, 6.45) is 29.5. The summed E-state index contributed by atoms with van der Waals surface area (Å²) in [5, 5.41) is 9.78. The minimum absolute atomic E-state index is 0.186. The van der Waals surface area contributed by atoms with Gasteiger partial charge in [0.05, 0.1) is 25.4 Å². The molecule has 0 aromatic heterocycles. The molecule has 0 saturated carbocycles. The molecule has 0 heterocycles. The SMILES string of the molecule is CCCCCCCCCCOc1cc(C(=O)O)cc(OCCCCCCCCCC)c1OCCCCCCCCCC. The van der Waals surface area contributed by atoms with Crippen molar-refractivity contribution in [2.24, 2.45) is 0 Å². The number of ether oxygens (including phenoxy) is 3. The topological polar surface area (TPSA) is 65.0 Å². The molecule has 0 bridgehead atoms. The highest BCUT2D eigenvalue weighted by molar-refractivity contribution is 5.89. The number of unbranched alkanes of at least 4 members (excludes halogenated alkanes) is 21. The maximum absolute atomic E-state index is 11.9. The Hall–Kier alpha value is -1.91. The molecule has 1 aromatic rings. The summed E-state index contributed by atoms with van der Waals surface area (Å²) < 4.78 is 18.6. The zero-order chi connectivity index (χ0) is 30.5. The van der Waals surface area contributed by atoms with Crippen LogP contribution in [-0.2, 0) is 0 Å². The molecule has 42 heavy (non-hydrogen) atoms. The molecule has 244 valence electrons. The summed E-state index contributed by atoms with van der Waals surface area (Å²) in [6, 6.07) is 3.22. The third kappa shape index (κ3) is 20.1. The number of carbonyl (C=O) groups is 1. The lowest BCUT2D eigenvalue weighted by molar-refractivity contribution is 0.0695. The average molecular weight is 591 g/mol. The van der Waals surface area contributed by atoms with E-state index < -0.39 is 5.97 Å². The molecule has 5 nitrogen and oxygen atoms in total. The molecule has 0 amide bonds. The van der Waals surface area contributed by atoms with E-state index in [9.17, 15) is 9.90 Å². The van der Waals surface area contributed by atoms with Crippen LogP contribution >= 0.6 is 0 Å². The zero-order valence-electron chi connectivity index (χ0n) is 27.8. The number of benzene rings is 1. The van der Waals surface area contributed by atoms with Crippen molar-refractivity contribution >= 4 is 5.97 Å². The van der Waals surface area contributed by atoms with Gasteiger partial charge < -0.3 is 19.3 Å². The summed E-state index contributed by atoms with van der Waals surface area (Å²) in [5.41, 5.74) is 0.186. The molecule has 0 fully saturated rings. The normalized spacial score (nSPS) is 11.1. The Labute approximate surface area is 259 Å². The molecule has 0 aliphatic heterocycles. The van der Waals surface area contributed by atoms with E-state index in [4.69, 9.17) is 14.2 Å². The smallest absolute Gasteiger partial charge is 0.335 e. The fourth-order valence-corrected chi connectivity index (χ4v) is 5.30. The second-order valence-electron chi connectivity index (χ2n) is 12.1. The van der Waals surface area contributed by atoms with Crippen molar-refractivity contribution in [2.45, 2.75) is 175 Å². The Bertz CT molecular complexity index is 720. The van der Waals surface area contributed by atoms with Crippen LogP contribution in [0.3, 0.4) is 0 Å². The van der Waals surface area contributed by atoms with E-state index in [2.05, 4.69) is 20.8 Å². The first-order chi connectivity index (χ1) is 20.6. The van der Waals surface area contributed by atoms with E-state index in [1.807, 2.05) is 0 Å². The van der Waals surface area contributed by atoms with Gasteiger partial charge in [-0.05, 0) is 31.4 Å². The minimum atomic E-state index is -0.974. The lowest BCUT2D eigenvalue weighted by Gasteiger charge is -2.18. The summed E-state index contributed by atoms with van der Waals surface area (Å²) in [7, 11) is 0. The number of hydrogen-bond donors (Lipinski definition) is 1.